The molecule has 1 fully saturated rings. The third kappa shape index (κ3) is 4.76. The van der Waals surface area contributed by atoms with Gasteiger partial charge in [-0.1, -0.05) is 18.6 Å². The summed E-state index contributed by atoms with van der Waals surface area (Å²) in [5.41, 5.74) is 0.0744. The summed E-state index contributed by atoms with van der Waals surface area (Å²) in [4.78, 5) is 36.8. The number of fused-ring (bicyclic) bond motifs is 3. The lowest BCUT2D eigenvalue weighted by atomic mass is 9.82. The van der Waals surface area contributed by atoms with Crippen LogP contribution in [0.1, 0.15) is 73.6 Å². The molecule has 0 amide bonds. The number of carbonyl (C=O) groups excluding carboxylic acids is 3. The van der Waals surface area contributed by atoms with E-state index in [1.54, 1.807) is 0 Å². The Morgan fingerprint density at radius 3 is 2.44 bits per heavy atom. The third-order valence-corrected chi connectivity index (χ3v) is 6.75. The molecule has 0 spiro atoms. The Bertz CT molecular complexity index is 858. The average molecular weight is 451 g/mol. The molecule has 0 aromatic rings. The van der Waals surface area contributed by atoms with E-state index in [0.29, 0.717) is 6.42 Å². The van der Waals surface area contributed by atoms with Crippen molar-refractivity contribution in [3.8, 4) is 0 Å². The standard InChI is InChI=1S/C24H34O8/c1-13-8-7-9-14(2)18-10-11-23(6,31-18)21(30-17(5)26)20(29-16(4)25)19-15(3)22(27)32-24(19,28)12-13/h8,14,18,20-21,28H,7,9-12H2,1-6H3/b13-8+/t14-,18+,20-,21+,23+,24+/m1/s1. The van der Waals surface area contributed by atoms with E-state index in [0.717, 1.165) is 24.8 Å². The molecule has 0 aromatic heterocycles. The van der Waals surface area contributed by atoms with E-state index in [1.165, 1.54) is 20.8 Å². The fourth-order valence-corrected chi connectivity index (χ4v) is 5.12. The molecule has 3 aliphatic rings. The summed E-state index contributed by atoms with van der Waals surface area (Å²) in [6, 6.07) is 0. The van der Waals surface area contributed by atoms with Crippen molar-refractivity contribution in [3.05, 3.63) is 22.8 Å². The molecule has 1 saturated heterocycles. The molecule has 0 aliphatic carbocycles. The van der Waals surface area contributed by atoms with E-state index < -0.39 is 41.5 Å². The van der Waals surface area contributed by atoms with Crippen LogP contribution >= 0.6 is 0 Å². The van der Waals surface area contributed by atoms with Gasteiger partial charge in [0.15, 0.2) is 12.2 Å². The molecule has 8 nitrogen and oxygen atoms in total. The summed E-state index contributed by atoms with van der Waals surface area (Å²) in [5, 5.41) is 11.5. The maximum Gasteiger partial charge on any atom is 0.336 e. The van der Waals surface area contributed by atoms with Gasteiger partial charge < -0.3 is 24.1 Å². The zero-order chi connectivity index (χ0) is 23.8. The van der Waals surface area contributed by atoms with Crippen molar-refractivity contribution < 1.29 is 38.4 Å². The van der Waals surface area contributed by atoms with E-state index in [2.05, 4.69) is 6.92 Å². The Kier molecular flexibility index (Phi) is 6.86. The number of hydrogen-bond donors (Lipinski definition) is 1. The molecule has 32 heavy (non-hydrogen) atoms. The second-order valence-corrected chi connectivity index (χ2v) is 9.56. The van der Waals surface area contributed by atoms with E-state index in [4.69, 9.17) is 18.9 Å². The van der Waals surface area contributed by atoms with Crippen LogP contribution in [0.2, 0.25) is 0 Å². The van der Waals surface area contributed by atoms with Crippen LogP contribution in [0.5, 0.6) is 0 Å². The molecule has 3 heterocycles. The number of ether oxygens (including phenoxy) is 4. The first-order valence-electron chi connectivity index (χ1n) is 11.2. The number of carbonyl (C=O) groups is 3. The van der Waals surface area contributed by atoms with Crippen LogP contribution in [0.4, 0.5) is 0 Å². The summed E-state index contributed by atoms with van der Waals surface area (Å²) in [7, 11) is 0. The summed E-state index contributed by atoms with van der Waals surface area (Å²) in [6.07, 6.45) is 2.64. The quantitative estimate of drug-likeness (QED) is 0.388. The summed E-state index contributed by atoms with van der Waals surface area (Å²) in [5.74, 6) is -3.69. The van der Waals surface area contributed by atoms with Crippen LogP contribution in [-0.2, 0) is 33.3 Å². The monoisotopic (exact) mass is 450 g/mol. The van der Waals surface area contributed by atoms with Crippen molar-refractivity contribution in [1.82, 2.24) is 0 Å². The van der Waals surface area contributed by atoms with Crippen molar-refractivity contribution in [1.29, 1.82) is 0 Å². The predicted molar refractivity (Wildman–Crippen MR) is 114 cm³/mol. The van der Waals surface area contributed by atoms with Gasteiger partial charge in [-0.05, 0) is 52.4 Å². The van der Waals surface area contributed by atoms with Crippen LogP contribution in [0.3, 0.4) is 0 Å². The molecule has 178 valence electrons. The molecule has 6 atom stereocenters. The molecule has 2 bridgehead atoms. The lowest BCUT2D eigenvalue weighted by molar-refractivity contribution is -0.205. The third-order valence-electron chi connectivity index (χ3n) is 6.75. The number of esters is 3. The Balaban J connectivity index is 2.20. The zero-order valence-corrected chi connectivity index (χ0v) is 19.7. The first kappa shape index (κ1) is 24.5. The van der Waals surface area contributed by atoms with Gasteiger partial charge in [0.1, 0.15) is 5.60 Å². The minimum absolute atomic E-state index is 0.0192. The van der Waals surface area contributed by atoms with Crippen LogP contribution in [0.25, 0.3) is 0 Å². The van der Waals surface area contributed by atoms with Gasteiger partial charge in [0.25, 0.3) is 0 Å². The van der Waals surface area contributed by atoms with Crippen molar-refractivity contribution in [3.63, 3.8) is 0 Å². The highest BCUT2D eigenvalue weighted by Gasteiger charge is 2.57. The van der Waals surface area contributed by atoms with Gasteiger partial charge in [-0.15, -0.1) is 0 Å². The van der Waals surface area contributed by atoms with Crippen LogP contribution in [0.15, 0.2) is 22.8 Å². The highest BCUT2D eigenvalue weighted by molar-refractivity contribution is 5.92. The van der Waals surface area contributed by atoms with Crippen LogP contribution < -0.4 is 0 Å². The largest absolute Gasteiger partial charge is 0.455 e. The minimum Gasteiger partial charge on any atom is -0.455 e. The lowest BCUT2D eigenvalue weighted by Crippen LogP contribution is -2.54. The van der Waals surface area contributed by atoms with Gasteiger partial charge in [0, 0.05) is 25.8 Å². The number of allylic oxidation sites excluding steroid dienone is 1. The maximum absolute atomic E-state index is 12.5. The lowest BCUT2D eigenvalue weighted by Gasteiger charge is -2.40. The Hall–Kier alpha value is -2.19. The molecular formula is C24H34O8. The molecule has 0 unspecified atom stereocenters. The molecule has 0 aromatic carbocycles. The highest BCUT2D eigenvalue weighted by Crippen LogP contribution is 2.46. The van der Waals surface area contributed by atoms with Crippen LogP contribution in [-0.4, -0.2) is 52.7 Å². The summed E-state index contributed by atoms with van der Waals surface area (Å²) >= 11 is 0. The van der Waals surface area contributed by atoms with Gasteiger partial charge in [0.05, 0.1) is 11.7 Å². The Morgan fingerprint density at radius 2 is 1.81 bits per heavy atom. The van der Waals surface area contributed by atoms with E-state index >= 15 is 0 Å². The smallest absolute Gasteiger partial charge is 0.336 e. The van der Waals surface area contributed by atoms with Gasteiger partial charge in [0.2, 0.25) is 5.79 Å². The van der Waals surface area contributed by atoms with Crippen molar-refractivity contribution >= 4 is 17.9 Å². The molecule has 3 aliphatic heterocycles. The van der Waals surface area contributed by atoms with Crippen molar-refractivity contribution in [2.45, 2.75) is 103 Å². The zero-order valence-electron chi connectivity index (χ0n) is 19.7. The second-order valence-electron chi connectivity index (χ2n) is 9.56. The normalized spacial score (nSPS) is 39.6. The molecule has 1 N–H and O–H groups in total. The van der Waals surface area contributed by atoms with E-state index in [-0.39, 0.29) is 29.6 Å². The van der Waals surface area contributed by atoms with Gasteiger partial charge in [-0.2, -0.15) is 0 Å². The molecule has 3 rings (SSSR count). The second kappa shape index (κ2) is 8.98. The van der Waals surface area contributed by atoms with Gasteiger partial charge in [-0.25, -0.2) is 4.79 Å². The number of hydrogen-bond acceptors (Lipinski definition) is 8. The molecule has 0 radical (unpaired) electrons. The molecular weight excluding hydrogens is 416 g/mol. The predicted octanol–water partition coefficient (Wildman–Crippen LogP) is 3.12. The van der Waals surface area contributed by atoms with Crippen molar-refractivity contribution in [2.24, 2.45) is 5.92 Å². The Morgan fingerprint density at radius 1 is 1.16 bits per heavy atom. The maximum atomic E-state index is 12.5. The average Bonchev–Trinajstić information content (AvgIpc) is 3.16. The highest BCUT2D eigenvalue weighted by atomic mass is 16.7. The number of aliphatic hydroxyl groups is 1. The van der Waals surface area contributed by atoms with Crippen LogP contribution in [0, 0.1) is 5.92 Å². The SMILES string of the molecule is CC(=O)O[C@@H]1C2=C(C)C(=O)O[C@@]2(O)C/C(C)=C/CC[C@@H](C)[C@@H]2CC[C@](C)(O2)[C@H]1OC(C)=O. The molecule has 0 saturated carbocycles. The first-order chi connectivity index (χ1) is 14.9. The van der Waals surface area contributed by atoms with Gasteiger partial charge >= 0.3 is 17.9 Å². The summed E-state index contributed by atoms with van der Waals surface area (Å²) in [6.45, 7) is 9.81. The fourth-order valence-electron chi connectivity index (χ4n) is 5.12. The van der Waals surface area contributed by atoms with Crippen molar-refractivity contribution in [2.75, 3.05) is 0 Å². The first-order valence-corrected chi connectivity index (χ1v) is 11.2. The minimum atomic E-state index is -2.02. The molecule has 8 heteroatoms. The van der Waals surface area contributed by atoms with E-state index in [1.807, 2.05) is 19.9 Å². The Labute approximate surface area is 188 Å². The topological polar surface area (TPSA) is 108 Å². The number of rotatable bonds is 2. The van der Waals surface area contributed by atoms with E-state index in [9.17, 15) is 19.5 Å². The van der Waals surface area contributed by atoms with Gasteiger partial charge in [-0.3, -0.25) is 9.59 Å². The fraction of sp³-hybridized carbons (Fsp3) is 0.708. The summed E-state index contributed by atoms with van der Waals surface area (Å²) < 4.78 is 23.2.